The van der Waals surface area contributed by atoms with Crippen LogP contribution in [0.3, 0.4) is 0 Å². The summed E-state index contributed by atoms with van der Waals surface area (Å²) in [5.41, 5.74) is 4.66. The number of aliphatic imine (C=N–C) groups is 1. The van der Waals surface area contributed by atoms with Crippen molar-refractivity contribution < 1.29 is 4.21 Å². The predicted molar refractivity (Wildman–Crippen MR) is 56.3 cm³/mol. The molecule has 0 saturated carbocycles. The minimum absolute atomic E-state index is 0.611. The second-order valence-electron chi connectivity index (χ2n) is 3.38. The molecule has 0 aromatic heterocycles. The summed E-state index contributed by atoms with van der Waals surface area (Å²) >= 11 is 0.611. The molecule has 0 atom stereocenters. The van der Waals surface area contributed by atoms with Crippen LogP contribution in [0.15, 0.2) is 27.9 Å². The van der Waals surface area contributed by atoms with Crippen molar-refractivity contribution in [1.82, 2.24) is 0 Å². The molecular formula is C10H11NOS. The van der Waals surface area contributed by atoms with Crippen molar-refractivity contribution in [2.24, 2.45) is 4.99 Å². The summed E-state index contributed by atoms with van der Waals surface area (Å²) in [6, 6.07) is 0. The van der Waals surface area contributed by atoms with Crippen molar-refractivity contribution in [2.45, 2.75) is 26.7 Å². The molecule has 0 spiro atoms. The van der Waals surface area contributed by atoms with E-state index in [9.17, 15) is 4.21 Å². The van der Waals surface area contributed by atoms with E-state index in [0.717, 1.165) is 29.1 Å². The van der Waals surface area contributed by atoms with Crippen molar-refractivity contribution in [2.75, 3.05) is 0 Å². The van der Waals surface area contributed by atoms with Crippen LogP contribution in [0.1, 0.15) is 26.7 Å². The summed E-state index contributed by atoms with van der Waals surface area (Å²) in [6.45, 7) is 4.08. The minimum Gasteiger partial charge on any atom is -0.257 e. The number of hydrogen-bond acceptors (Lipinski definition) is 2. The molecule has 1 aliphatic heterocycles. The molecule has 1 heterocycles. The normalized spacial score (nSPS) is 21.2. The monoisotopic (exact) mass is 193 g/mol. The fraction of sp³-hybridized carbons (Fsp3) is 0.400. The number of rotatable bonds is 0. The first-order valence-electron chi connectivity index (χ1n) is 4.35. The van der Waals surface area contributed by atoms with Gasteiger partial charge in [-0.3, -0.25) is 4.99 Å². The fourth-order valence-electron chi connectivity index (χ4n) is 1.68. The maximum atomic E-state index is 10.6. The van der Waals surface area contributed by atoms with Gasteiger partial charge in [-0.05, 0) is 38.3 Å². The molecule has 68 valence electrons. The molecule has 2 nitrogen and oxygen atoms in total. The summed E-state index contributed by atoms with van der Waals surface area (Å²) < 4.78 is 10.6. The summed E-state index contributed by atoms with van der Waals surface area (Å²) in [5.74, 6) is 0. The number of nitrogens with zero attached hydrogens (tertiary/aromatic N) is 1. The Bertz CT molecular complexity index is 409. The van der Waals surface area contributed by atoms with Crippen molar-refractivity contribution >= 4 is 21.8 Å². The van der Waals surface area contributed by atoms with Gasteiger partial charge in [0, 0.05) is 21.8 Å². The van der Waals surface area contributed by atoms with Crippen LogP contribution in [-0.2, 0) is 11.3 Å². The standard InChI is InChI=1S/C10H11NOS/c1-6-7(2)11-10-4-3-8(13-12)5-9(6)10/h5H,3-4H2,1-2H3. The highest BCUT2D eigenvalue weighted by molar-refractivity contribution is 7.66. The van der Waals surface area contributed by atoms with E-state index in [1.807, 2.05) is 13.0 Å². The second kappa shape index (κ2) is 3.07. The molecule has 0 saturated heterocycles. The van der Waals surface area contributed by atoms with Crippen molar-refractivity contribution in [1.29, 1.82) is 0 Å². The molecule has 0 bridgehead atoms. The van der Waals surface area contributed by atoms with E-state index in [0.29, 0.717) is 11.3 Å². The van der Waals surface area contributed by atoms with Crippen LogP contribution in [0.2, 0.25) is 0 Å². The van der Waals surface area contributed by atoms with Gasteiger partial charge in [0.2, 0.25) is 0 Å². The highest BCUT2D eigenvalue weighted by Crippen LogP contribution is 2.29. The molecule has 0 unspecified atom stereocenters. The van der Waals surface area contributed by atoms with Crippen molar-refractivity contribution in [3.05, 3.63) is 22.9 Å². The van der Waals surface area contributed by atoms with E-state index < -0.39 is 0 Å². The second-order valence-corrected chi connectivity index (χ2v) is 4.07. The number of hydrogen-bond donors (Lipinski definition) is 0. The van der Waals surface area contributed by atoms with Gasteiger partial charge in [-0.15, -0.1) is 0 Å². The van der Waals surface area contributed by atoms with Gasteiger partial charge in [0.1, 0.15) is 0 Å². The first kappa shape index (κ1) is 8.63. The SMILES string of the molecule is CC1=C(C)C2=CC(=S=O)CCC2=N1. The highest BCUT2D eigenvalue weighted by atomic mass is 32.1. The largest absolute Gasteiger partial charge is 0.257 e. The average Bonchev–Trinajstić information content (AvgIpc) is 2.43. The molecule has 0 radical (unpaired) electrons. The van der Waals surface area contributed by atoms with Crippen LogP contribution in [0.4, 0.5) is 0 Å². The molecule has 0 aromatic rings. The first-order chi connectivity index (χ1) is 6.22. The zero-order valence-electron chi connectivity index (χ0n) is 7.76. The van der Waals surface area contributed by atoms with Crippen molar-refractivity contribution in [3.8, 4) is 0 Å². The summed E-state index contributed by atoms with van der Waals surface area (Å²) in [4.78, 5) is 5.40. The van der Waals surface area contributed by atoms with Gasteiger partial charge in [0.25, 0.3) is 0 Å². The number of fused-ring (bicyclic) bond motifs is 1. The molecule has 1 aliphatic carbocycles. The van der Waals surface area contributed by atoms with E-state index in [1.165, 1.54) is 11.1 Å². The molecule has 13 heavy (non-hydrogen) atoms. The summed E-state index contributed by atoms with van der Waals surface area (Å²) in [5, 5.41) is 0. The zero-order valence-corrected chi connectivity index (χ0v) is 8.57. The molecule has 0 aromatic carbocycles. The molecule has 0 amide bonds. The van der Waals surface area contributed by atoms with Gasteiger partial charge in [0.15, 0.2) is 0 Å². The molecule has 2 rings (SSSR count). The lowest BCUT2D eigenvalue weighted by atomic mass is 9.94. The maximum Gasteiger partial charge on any atom is 0.0920 e. The lowest BCUT2D eigenvalue weighted by molar-refractivity contribution is 0.700. The summed E-state index contributed by atoms with van der Waals surface area (Å²) in [6.07, 6.45) is 3.77. The molecular weight excluding hydrogens is 182 g/mol. The Balaban J connectivity index is 2.52. The Hall–Kier alpha value is -0.960. The Morgan fingerprint density at radius 3 is 2.85 bits per heavy atom. The van der Waals surface area contributed by atoms with E-state index in [-0.39, 0.29) is 0 Å². The minimum atomic E-state index is 0.611. The van der Waals surface area contributed by atoms with Gasteiger partial charge in [0.05, 0.1) is 11.3 Å². The van der Waals surface area contributed by atoms with E-state index >= 15 is 0 Å². The Morgan fingerprint density at radius 2 is 2.15 bits per heavy atom. The Kier molecular flexibility index (Phi) is 2.04. The molecule has 0 N–H and O–H groups in total. The third-order valence-electron chi connectivity index (χ3n) is 2.58. The van der Waals surface area contributed by atoms with Gasteiger partial charge < -0.3 is 0 Å². The Labute approximate surface area is 81.1 Å². The van der Waals surface area contributed by atoms with Crippen LogP contribution in [-0.4, -0.2) is 14.8 Å². The van der Waals surface area contributed by atoms with Crippen LogP contribution < -0.4 is 0 Å². The molecule has 0 fully saturated rings. The van der Waals surface area contributed by atoms with Gasteiger partial charge in [-0.1, -0.05) is 0 Å². The van der Waals surface area contributed by atoms with E-state index in [4.69, 9.17) is 0 Å². The summed E-state index contributed by atoms with van der Waals surface area (Å²) in [7, 11) is 0. The smallest absolute Gasteiger partial charge is 0.0920 e. The van der Waals surface area contributed by atoms with Crippen LogP contribution in [0, 0.1) is 0 Å². The number of allylic oxidation sites excluding steroid dienone is 4. The first-order valence-corrected chi connectivity index (χ1v) is 5.09. The fourth-order valence-corrected chi connectivity index (χ4v) is 2.03. The predicted octanol–water partition coefficient (Wildman–Crippen LogP) is 1.84. The van der Waals surface area contributed by atoms with E-state index in [1.54, 1.807) is 0 Å². The third-order valence-corrected chi connectivity index (χ3v) is 3.12. The van der Waals surface area contributed by atoms with Gasteiger partial charge in [-0.25, -0.2) is 4.21 Å². The van der Waals surface area contributed by atoms with Crippen molar-refractivity contribution in [3.63, 3.8) is 0 Å². The quantitative estimate of drug-likeness (QED) is 0.540. The Morgan fingerprint density at radius 1 is 1.38 bits per heavy atom. The lowest BCUT2D eigenvalue weighted by Gasteiger charge is -2.11. The van der Waals surface area contributed by atoms with Crippen LogP contribution in [0.25, 0.3) is 0 Å². The topological polar surface area (TPSA) is 29.4 Å². The van der Waals surface area contributed by atoms with Gasteiger partial charge >= 0.3 is 0 Å². The van der Waals surface area contributed by atoms with Gasteiger partial charge in [-0.2, -0.15) is 0 Å². The average molecular weight is 193 g/mol. The molecule has 2 aliphatic rings. The molecule has 3 heteroatoms. The highest BCUT2D eigenvalue weighted by Gasteiger charge is 2.22. The van der Waals surface area contributed by atoms with Crippen LogP contribution in [0.5, 0.6) is 0 Å². The van der Waals surface area contributed by atoms with E-state index in [2.05, 4.69) is 11.9 Å². The maximum absolute atomic E-state index is 10.6. The third kappa shape index (κ3) is 1.33. The van der Waals surface area contributed by atoms with Crippen LogP contribution >= 0.6 is 0 Å². The zero-order chi connectivity index (χ0) is 9.42. The lowest BCUT2D eigenvalue weighted by Crippen LogP contribution is -2.11.